The second-order valence-corrected chi connectivity index (χ2v) is 6.11. The third kappa shape index (κ3) is 2.73. The van der Waals surface area contributed by atoms with Crippen molar-refractivity contribution >= 4 is 11.0 Å². The first-order valence-electron chi connectivity index (χ1n) is 7.95. The minimum Gasteiger partial charge on any atom is -0.327 e. The van der Waals surface area contributed by atoms with E-state index in [0.717, 1.165) is 24.5 Å². The van der Waals surface area contributed by atoms with Gasteiger partial charge in [-0.15, -0.1) is 0 Å². The van der Waals surface area contributed by atoms with Crippen molar-refractivity contribution in [3.8, 4) is 0 Å². The molecule has 2 unspecified atom stereocenters. The number of benzene rings is 1. The molecule has 3 rings (SSSR count). The highest BCUT2D eigenvalue weighted by Gasteiger charge is 2.19. The molecule has 0 radical (unpaired) electrons. The van der Waals surface area contributed by atoms with E-state index < -0.39 is 0 Å². The Bertz CT molecular complexity index is 573. The first-order valence-corrected chi connectivity index (χ1v) is 7.95. The van der Waals surface area contributed by atoms with Gasteiger partial charge in [0.2, 0.25) is 0 Å². The van der Waals surface area contributed by atoms with E-state index in [4.69, 9.17) is 4.98 Å². The third-order valence-corrected chi connectivity index (χ3v) is 4.54. The molecular weight excluding hydrogens is 246 g/mol. The summed E-state index contributed by atoms with van der Waals surface area (Å²) in [7, 11) is 0. The number of imidazole rings is 1. The molecule has 0 amide bonds. The second kappa shape index (κ2) is 5.96. The maximum absolute atomic E-state index is 4.79. The van der Waals surface area contributed by atoms with Gasteiger partial charge in [-0.1, -0.05) is 31.9 Å². The molecule has 1 aliphatic rings. The number of aryl methyl sites for hydroxylation is 1. The molecule has 1 saturated carbocycles. The molecule has 0 aliphatic heterocycles. The fourth-order valence-corrected chi connectivity index (χ4v) is 3.47. The monoisotopic (exact) mass is 271 g/mol. The average Bonchev–Trinajstić information content (AvgIpc) is 2.82. The largest absolute Gasteiger partial charge is 0.327 e. The van der Waals surface area contributed by atoms with Crippen molar-refractivity contribution in [2.75, 3.05) is 0 Å². The van der Waals surface area contributed by atoms with Crippen LogP contribution in [0.1, 0.15) is 45.4 Å². The van der Waals surface area contributed by atoms with E-state index in [9.17, 15) is 0 Å². The number of para-hydroxylation sites is 2. The number of rotatable bonds is 4. The van der Waals surface area contributed by atoms with Gasteiger partial charge in [0.05, 0.1) is 17.6 Å². The van der Waals surface area contributed by atoms with E-state index in [2.05, 4.69) is 48.0 Å². The lowest BCUT2D eigenvalue weighted by molar-refractivity contribution is 0.298. The van der Waals surface area contributed by atoms with Gasteiger partial charge in [-0.2, -0.15) is 0 Å². The molecule has 1 heterocycles. The van der Waals surface area contributed by atoms with Crippen molar-refractivity contribution in [1.29, 1.82) is 0 Å². The number of hydrogen-bond acceptors (Lipinski definition) is 2. The fourth-order valence-electron chi connectivity index (χ4n) is 3.47. The van der Waals surface area contributed by atoms with Crippen LogP contribution in [0.15, 0.2) is 24.3 Å². The zero-order valence-electron chi connectivity index (χ0n) is 12.6. The number of aromatic nitrogens is 2. The first kappa shape index (κ1) is 13.6. The summed E-state index contributed by atoms with van der Waals surface area (Å²) in [4.78, 5) is 4.79. The Kier molecular flexibility index (Phi) is 4.06. The Hall–Kier alpha value is -1.35. The van der Waals surface area contributed by atoms with Crippen LogP contribution in [0.3, 0.4) is 0 Å². The van der Waals surface area contributed by atoms with Gasteiger partial charge in [0.15, 0.2) is 0 Å². The molecule has 108 valence electrons. The molecule has 20 heavy (non-hydrogen) atoms. The molecule has 1 aromatic carbocycles. The zero-order chi connectivity index (χ0) is 13.9. The summed E-state index contributed by atoms with van der Waals surface area (Å²) in [5, 5.41) is 3.72. The molecule has 1 aromatic heterocycles. The van der Waals surface area contributed by atoms with E-state index >= 15 is 0 Å². The number of hydrogen-bond donors (Lipinski definition) is 1. The van der Waals surface area contributed by atoms with Crippen LogP contribution in [-0.2, 0) is 13.1 Å². The molecule has 0 spiro atoms. The minimum atomic E-state index is 0.670. The molecule has 3 heteroatoms. The molecular formula is C17H25N3. The average molecular weight is 271 g/mol. The lowest BCUT2D eigenvalue weighted by Crippen LogP contribution is -2.33. The molecule has 1 aliphatic carbocycles. The van der Waals surface area contributed by atoms with Gasteiger partial charge >= 0.3 is 0 Å². The lowest BCUT2D eigenvalue weighted by atomic mass is 9.87. The normalized spacial score (nSPS) is 23.3. The van der Waals surface area contributed by atoms with E-state index in [0.29, 0.717) is 6.04 Å². The Balaban J connectivity index is 1.73. The van der Waals surface area contributed by atoms with Crippen molar-refractivity contribution in [3.63, 3.8) is 0 Å². The van der Waals surface area contributed by atoms with Crippen molar-refractivity contribution in [1.82, 2.24) is 14.9 Å². The van der Waals surface area contributed by atoms with E-state index in [1.165, 1.54) is 37.0 Å². The van der Waals surface area contributed by atoms with Crippen molar-refractivity contribution in [2.24, 2.45) is 5.92 Å². The smallest absolute Gasteiger partial charge is 0.123 e. The van der Waals surface area contributed by atoms with E-state index in [1.807, 2.05) is 0 Å². The minimum absolute atomic E-state index is 0.670. The molecule has 2 atom stereocenters. The van der Waals surface area contributed by atoms with Gasteiger partial charge in [0.25, 0.3) is 0 Å². The summed E-state index contributed by atoms with van der Waals surface area (Å²) in [6.07, 6.45) is 5.39. The fraction of sp³-hybridized carbons (Fsp3) is 0.588. The molecule has 2 aromatic rings. The van der Waals surface area contributed by atoms with Gasteiger partial charge in [0.1, 0.15) is 5.82 Å². The van der Waals surface area contributed by atoms with E-state index in [1.54, 1.807) is 0 Å². The Morgan fingerprint density at radius 3 is 2.95 bits per heavy atom. The van der Waals surface area contributed by atoms with Crippen LogP contribution in [-0.4, -0.2) is 15.6 Å². The Morgan fingerprint density at radius 2 is 2.15 bits per heavy atom. The van der Waals surface area contributed by atoms with Gasteiger partial charge in [-0.3, -0.25) is 0 Å². The Labute approximate surface area is 121 Å². The highest BCUT2D eigenvalue weighted by molar-refractivity contribution is 5.75. The summed E-state index contributed by atoms with van der Waals surface area (Å²) in [5.74, 6) is 2.04. The van der Waals surface area contributed by atoms with Crippen LogP contribution >= 0.6 is 0 Å². The van der Waals surface area contributed by atoms with Crippen LogP contribution < -0.4 is 5.32 Å². The SMILES string of the molecule is CCn1c(CNC2CCCC(C)C2)nc2ccccc21. The summed E-state index contributed by atoms with van der Waals surface area (Å²) in [6, 6.07) is 9.10. The zero-order valence-corrected chi connectivity index (χ0v) is 12.6. The predicted octanol–water partition coefficient (Wildman–Crippen LogP) is 3.72. The van der Waals surface area contributed by atoms with Crippen molar-refractivity contribution in [2.45, 2.75) is 58.7 Å². The number of nitrogens with one attached hydrogen (secondary N) is 1. The second-order valence-electron chi connectivity index (χ2n) is 6.11. The van der Waals surface area contributed by atoms with Crippen molar-refractivity contribution in [3.05, 3.63) is 30.1 Å². The molecule has 1 fully saturated rings. The third-order valence-electron chi connectivity index (χ3n) is 4.54. The highest BCUT2D eigenvalue weighted by atomic mass is 15.1. The maximum Gasteiger partial charge on any atom is 0.123 e. The van der Waals surface area contributed by atoms with E-state index in [-0.39, 0.29) is 0 Å². The quantitative estimate of drug-likeness (QED) is 0.918. The van der Waals surface area contributed by atoms with Crippen LogP contribution in [0.4, 0.5) is 0 Å². The van der Waals surface area contributed by atoms with Crippen LogP contribution in [0.2, 0.25) is 0 Å². The van der Waals surface area contributed by atoms with Gasteiger partial charge < -0.3 is 9.88 Å². The standard InChI is InChI=1S/C17H25N3/c1-3-20-16-10-5-4-9-15(16)19-17(20)12-18-14-8-6-7-13(2)11-14/h4-5,9-10,13-14,18H,3,6-8,11-12H2,1-2H3. The van der Waals surface area contributed by atoms with Crippen LogP contribution in [0.25, 0.3) is 11.0 Å². The highest BCUT2D eigenvalue weighted by Crippen LogP contribution is 2.24. The predicted molar refractivity (Wildman–Crippen MR) is 83.7 cm³/mol. The summed E-state index contributed by atoms with van der Waals surface area (Å²) >= 11 is 0. The van der Waals surface area contributed by atoms with Crippen LogP contribution in [0, 0.1) is 5.92 Å². The number of nitrogens with zero attached hydrogens (tertiary/aromatic N) is 2. The van der Waals surface area contributed by atoms with Crippen molar-refractivity contribution < 1.29 is 0 Å². The summed E-state index contributed by atoms with van der Waals surface area (Å²) in [5.41, 5.74) is 2.37. The summed E-state index contributed by atoms with van der Waals surface area (Å²) in [6.45, 7) is 6.44. The van der Waals surface area contributed by atoms with Gasteiger partial charge in [-0.05, 0) is 37.8 Å². The first-order chi connectivity index (χ1) is 9.78. The molecule has 0 bridgehead atoms. The number of fused-ring (bicyclic) bond motifs is 1. The van der Waals surface area contributed by atoms with Crippen LogP contribution in [0.5, 0.6) is 0 Å². The van der Waals surface area contributed by atoms with Gasteiger partial charge in [0, 0.05) is 12.6 Å². The maximum atomic E-state index is 4.79. The molecule has 0 saturated heterocycles. The van der Waals surface area contributed by atoms with Gasteiger partial charge in [-0.25, -0.2) is 4.98 Å². The summed E-state index contributed by atoms with van der Waals surface area (Å²) < 4.78 is 2.33. The lowest BCUT2D eigenvalue weighted by Gasteiger charge is -2.27. The molecule has 3 nitrogen and oxygen atoms in total. The topological polar surface area (TPSA) is 29.9 Å². The molecule has 1 N–H and O–H groups in total. The Morgan fingerprint density at radius 1 is 1.30 bits per heavy atom.